The Hall–Kier alpha value is -1.33. The van der Waals surface area contributed by atoms with Crippen LogP contribution in [0.15, 0.2) is 24.6 Å². The second-order valence-corrected chi connectivity index (χ2v) is 3.95. The van der Waals surface area contributed by atoms with Crippen LogP contribution in [0.5, 0.6) is 0 Å². The molecule has 5 heteroatoms. The van der Waals surface area contributed by atoms with E-state index in [1.165, 1.54) is 6.26 Å². The second-order valence-electron chi connectivity index (χ2n) is 3.95. The van der Waals surface area contributed by atoms with Gasteiger partial charge in [-0.25, -0.2) is 0 Å². The smallest absolute Gasteiger partial charge is 0.161 e. The first-order valence-corrected chi connectivity index (χ1v) is 5.32. The van der Waals surface area contributed by atoms with Crippen LogP contribution in [0.3, 0.4) is 0 Å². The highest BCUT2D eigenvalue weighted by Crippen LogP contribution is 2.38. The normalized spacial score (nSPS) is 22.8. The van der Waals surface area contributed by atoms with Crippen molar-refractivity contribution in [1.82, 2.24) is 5.48 Å². The zero-order chi connectivity index (χ0) is 11.4. The molecule has 1 aliphatic heterocycles. The van der Waals surface area contributed by atoms with Gasteiger partial charge in [-0.3, -0.25) is 15.1 Å². The van der Waals surface area contributed by atoms with Crippen molar-refractivity contribution in [1.29, 1.82) is 0 Å². The lowest BCUT2D eigenvalue weighted by Gasteiger charge is -2.31. The molecule has 1 fully saturated rings. The molecule has 16 heavy (non-hydrogen) atoms. The Morgan fingerprint density at radius 2 is 2.31 bits per heavy atom. The highest BCUT2D eigenvalue weighted by Gasteiger charge is 2.45. The Kier molecular flexibility index (Phi) is 3.26. The fourth-order valence-electron chi connectivity index (χ4n) is 1.90. The minimum Gasteiger partial charge on any atom is -0.342 e. The van der Waals surface area contributed by atoms with Gasteiger partial charge in [-0.05, 0) is 12.8 Å². The summed E-state index contributed by atoms with van der Waals surface area (Å²) in [5.74, 6) is 0.271. The van der Waals surface area contributed by atoms with Gasteiger partial charge in [0, 0.05) is 12.8 Å². The fraction of sp³-hybridized carbons (Fsp3) is 0.545. The van der Waals surface area contributed by atoms with E-state index < -0.39 is 5.60 Å². The van der Waals surface area contributed by atoms with Crippen molar-refractivity contribution in [3.8, 4) is 0 Å². The lowest BCUT2D eigenvalue weighted by molar-refractivity contribution is -0.298. The predicted octanol–water partition coefficient (Wildman–Crippen LogP) is 1.38. The molecule has 5 nitrogen and oxygen atoms in total. The maximum absolute atomic E-state index is 11.2. The summed E-state index contributed by atoms with van der Waals surface area (Å²) in [5, 5.41) is 0. The van der Waals surface area contributed by atoms with Crippen LogP contribution in [-0.4, -0.2) is 18.0 Å². The van der Waals surface area contributed by atoms with E-state index in [2.05, 4.69) is 12.1 Å². The SMILES string of the molecule is C=CCONC1=COOC12CCC(=O)CC2. The number of hydroxylamine groups is 1. The van der Waals surface area contributed by atoms with E-state index in [0.717, 1.165) is 5.70 Å². The van der Waals surface area contributed by atoms with Gasteiger partial charge < -0.3 is 4.89 Å². The van der Waals surface area contributed by atoms with Crippen molar-refractivity contribution in [2.24, 2.45) is 0 Å². The summed E-state index contributed by atoms with van der Waals surface area (Å²) >= 11 is 0. The van der Waals surface area contributed by atoms with Crippen LogP contribution in [-0.2, 0) is 19.4 Å². The van der Waals surface area contributed by atoms with Crippen LogP contribution >= 0.6 is 0 Å². The largest absolute Gasteiger partial charge is 0.342 e. The van der Waals surface area contributed by atoms with Crippen molar-refractivity contribution in [3.05, 3.63) is 24.6 Å². The van der Waals surface area contributed by atoms with Crippen molar-refractivity contribution >= 4 is 5.78 Å². The maximum Gasteiger partial charge on any atom is 0.161 e. The number of hydrogen-bond acceptors (Lipinski definition) is 5. The number of Topliss-reactive ketones (excluding diaryl/α,β-unsaturated/α-hetero) is 1. The van der Waals surface area contributed by atoms with E-state index in [1.54, 1.807) is 6.08 Å². The number of hydrogen-bond donors (Lipinski definition) is 1. The van der Waals surface area contributed by atoms with Crippen LogP contribution in [0.25, 0.3) is 0 Å². The Labute approximate surface area is 93.9 Å². The molecule has 1 saturated carbocycles. The summed E-state index contributed by atoms with van der Waals surface area (Å²) in [6, 6.07) is 0. The van der Waals surface area contributed by atoms with Gasteiger partial charge in [0.15, 0.2) is 11.9 Å². The molecule has 2 rings (SSSR count). The predicted molar refractivity (Wildman–Crippen MR) is 55.7 cm³/mol. The average Bonchev–Trinajstić information content (AvgIpc) is 2.67. The van der Waals surface area contributed by atoms with E-state index >= 15 is 0 Å². The number of carbonyl (C=O) groups is 1. The van der Waals surface area contributed by atoms with Gasteiger partial charge in [0.05, 0.1) is 6.61 Å². The molecular formula is C11H15NO4. The summed E-state index contributed by atoms with van der Waals surface area (Å²) in [6.07, 6.45) is 5.41. The van der Waals surface area contributed by atoms with E-state index in [1.807, 2.05) is 0 Å². The van der Waals surface area contributed by atoms with Gasteiger partial charge in [-0.1, -0.05) is 6.08 Å². The number of ketones is 1. The molecule has 0 radical (unpaired) electrons. The Balaban J connectivity index is 1.96. The summed E-state index contributed by atoms with van der Waals surface area (Å²) in [4.78, 5) is 26.5. The van der Waals surface area contributed by atoms with Crippen LogP contribution < -0.4 is 5.48 Å². The van der Waals surface area contributed by atoms with Gasteiger partial charge in [0.1, 0.15) is 11.5 Å². The van der Waals surface area contributed by atoms with Crippen molar-refractivity contribution < 1.29 is 19.4 Å². The summed E-state index contributed by atoms with van der Waals surface area (Å²) in [5.41, 5.74) is 2.99. The molecule has 2 aliphatic rings. The lowest BCUT2D eigenvalue weighted by atomic mass is 9.82. The average molecular weight is 225 g/mol. The first kappa shape index (κ1) is 11.2. The van der Waals surface area contributed by atoms with Crippen LogP contribution in [0.1, 0.15) is 25.7 Å². The van der Waals surface area contributed by atoms with E-state index in [4.69, 9.17) is 14.6 Å². The molecule has 1 heterocycles. The number of carbonyl (C=O) groups excluding carboxylic acids is 1. The molecule has 0 aromatic heterocycles. The molecule has 88 valence electrons. The number of nitrogens with one attached hydrogen (secondary N) is 1. The van der Waals surface area contributed by atoms with Gasteiger partial charge in [0.25, 0.3) is 0 Å². The van der Waals surface area contributed by atoms with Crippen molar-refractivity contribution in [2.75, 3.05) is 6.61 Å². The van der Waals surface area contributed by atoms with Crippen molar-refractivity contribution in [2.45, 2.75) is 31.3 Å². The molecule has 0 aromatic carbocycles. The molecule has 0 atom stereocenters. The molecule has 0 amide bonds. The topological polar surface area (TPSA) is 56.8 Å². The van der Waals surface area contributed by atoms with Gasteiger partial charge in [0.2, 0.25) is 0 Å². The highest BCUT2D eigenvalue weighted by atomic mass is 17.2. The molecule has 0 unspecified atom stereocenters. The van der Waals surface area contributed by atoms with Crippen LogP contribution in [0.2, 0.25) is 0 Å². The Morgan fingerprint density at radius 1 is 1.56 bits per heavy atom. The maximum atomic E-state index is 11.2. The van der Waals surface area contributed by atoms with Gasteiger partial charge >= 0.3 is 0 Å². The molecule has 0 aromatic rings. The van der Waals surface area contributed by atoms with E-state index in [9.17, 15) is 4.79 Å². The first-order valence-electron chi connectivity index (χ1n) is 5.32. The summed E-state index contributed by atoms with van der Waals surface area (Å²) in [6.45, 7) is 3.94. The minimum atomic E-state index is -0.533. The molecule has 1 spiro atoms. The zero-order valence-electron chi connectivity index (χ0n) is 9.03. The summed E-state index contributed by atoms with van der Waals surface area (Å²) in [7, 11) is 0. The third-order valence-corrected chi connectivity index (χ3v) is 2.86. The zero-order valence-corrected chi connectivity index (χ0v) is 9.03. The van der Waals surface area contributed by atoms with Crippen LogP contribution in [0.4, 0.5) is 0 Å². The van der Waals surface area contributed by atoms with Gasteiger partial charge in [-0.15, -0.1) is 6.58 Å². The first-order chi connectivity index (χ1) is 7.77. The van der Waals surface area contributed by atoms with E-state index in [-0.39, 0.29) is 5.78 Å². The van der Waals surface area contributed by atoms with Crippen LogP contribution in [0, 0.1) is 0 Å². The Morgan fingerprint density at radius 3 is 3.00 bits per heavy atom. The molecule has 0 bridgehead atoms. The second kappa shape index (κ2) is 4.67. The quantitative estimate of drug-likeness (QED) is 0.339. The van der Waals surface area contributed by atoms with E-state index in [0.29, 0.717) is 32.3 Å². The minimum absolute atomic E-state index is 0.271. The third-order valence-electron chi connectivity index (χ3n) is 2.86. The molecule has 0 saturated heterocycles. The third kappa shape index (κ3) is 2.10. The van der Waals surface area contributed by atoms with Crippen molar-refractivity contribution in [3.63, 3.8) is 0 Å². The molecule has 1 N–H and O–H groups in total. The summed E-state index contributed by atoms with van der Waals surface area (Å²) < 4.78 is 0. The highest BCUT2D eigenvalue weighted by molar-refractivity contribution is 5.79. The van der Waals surface area contributed by atoms with Gasteiger partial charge in [-0.2, -0.15) is 4.89 Å². The monoisotopic (exact) mass is 225 g/mol. The molecule has 1 aliphatic carbocycles. The fourth-order valence-corrected chi connectivity index (χ4v) is 1.90. The lowest BCUT2D eigenvalue weighted by Crippen LogP contribution is -2.41. The Bertz CT molecular complexity index is 314. The molecular weight excluding hydrogens is 210 g/mol. The standard InChI is InChI=1S/C11H15NO4/c1-2-7-14-12-10-8-15-16-11(10)5-3-9(13)4-6-11/h2,8,12H,1,3-7H2. The number of rotatable bonds is 4.